The van der Waals surface area contributed by atoms with E-state index in [9.17, 15) is 0 Å². The van der Waals surface area contributed by atoms with Crippen LogP contribution < -0.4 is 4.90 Å². The fourth-order valence-electron chi connectivity index (χ4n) is 2.24. The Hall–Kier alpha value is -1.61. The monoisotopic (exact) mass is 289 g/mol. The molecule has 3 nitrogen and oxygen atoms in total. The van der Waals surface area contributed by atoms with Gasteiger partial charge in [0.1, 0.15) is 16.8 Å². The lowest BCUT2D eigenvalue weighted by molar-refractivity contribution is 0.890. The van der Waals surface area contributed by atoms with E-state index in [0.717, 1.165) is 35.9 Å². The van der Waals surface area contributed by atoms with Crippen molar-refractivity contribution < 1.29 is 0 Å². The molecule has 2 aromatic rings. The number of aromatic nitrogens is 2. The van der Waals surface area contributed by atoms with Gasteiger partial charge in [0.25, 0.3) is 0 Å². The van der Waals surface area contributed by atoms with Crippen molar-refractivity contribution in [1.82, 2.24) is 9.97 Å². The standard InChI is InChI=1S/C16H20ClN3/c1-5-14-18-15(17)12(4)16(19-14)20(6-2)13-10-8-7-9-11(13)3/h7-10H,5-6H2,1-4H3. The van der Waals surface area contributed by atoms with E-state index in [0.29, 0.717) is 5.15 Å². The van der Waals surface area contributed by atoms with E-state index >= 15 is 0 Å². The first-order valence-electron chi connectivity index (χ1n) is 6.94. The first-order chi connectivity index (χ1) is 9.58. The van der Waals surface area contributed by atoms with Crippen molar-refractivity contribution in [3.63, 3.8) is 0 Å². The van der Waals surface area contributed by atoms with Crippen molar-refractivity contribution in [3.05, 3.63) is 46.4 Å². The summed E-state index contributed by atoms with van der Waals surface area (Å²) in [5.74, 6) is 1.68. The molecule has 20 heavy (non-hydrogen) atoms. The normalized spacial score (nSPS) is 10.7. The van der Waals surface area contributed by atoms with Crippen molar-refractivity contribution in [2.75, 3.05) is 11.4 Å². The summed E-state index contributed by atoms with van der Waals surface area (Å²) in [5, 5.41) is 0.541. The van der Waals surface area contributed by atoms with Gasteiger partial charge in [-0.15, -0.1) is 0 Å². The molecule has 0 fully saturated rings. The molecule has 0 aliphatic rings. The van der Waals surface area contributed by atoms with Crippen LogP contribution in [0.3, 0.4) is 0 Å². The van der Waals surface area contributed by atoms with Crippen LogP contribution in [0.2, 0.25) is 5.15 Å². The van der Waals surface area contributed by atoms with Crippen molar-refractivity contribution in [1.29, 1.82) is 0 Å². The number of hydrogen-bond acceptors (Lipinski definition) is 3. The number of para-hydroxylation sites is 1. The van der Waals surface area contributed by atoms with Gasteiger partial charge >= 0.3 is 0 Å². The number of hydrogen-bond donors (Lipinski definition) is 0. The molecule has 1 heterocycles. The summed E-state index contributed by atoms with van der Waals surface area (Å²) in [6, 6.07) is 8.31. The molecule has 0 aliphatic carbocycles. The third-order valence-corrected chi connectivity index (χ3v) is 3.77. The van der Waals surface area contributed by atoms with Gasteiger partial charge in [-0.2, -0.15) is 0 Å². The number of halogens is 1. The van der Waals surface area contributed by atoms with E-state index in [1.165, 1.54) is 5.56 Å². The number of anilines is 2. The van der Waals surface area contributed by atoms with Crippen LogP contribution >= 0.6 is 11.6 Å². The van der Waals surface area contributed by atoms with E-state index in [1.807, 2.05) is 26.0 Å². The summed E-state index contributed by atoms with van der Waals surface area (Å²) in [7, 11) is 0. The van der Waals surface area contributed by atoms with Crippen LogP contribution in [0.25, 0.3) is 0 Å². The molecule has 1 aromatic carbocycles. The van der Waals surface area contributed by atoms with E-state index in [2.05, 4.69) is 40.8 Å². The molecule has 0 amide bonds. The van der Waals surface area contributed by atoms with Gasteiger partial charge < -0.3 is 4.90 Å². The minimum atomic E-state index is 0.541. The summed E-state index contributed by atoms with van der Waals surface area (Å²) < 4.78 is 0. The Labute approximate surface area is 125 Å². The van der Waals surface area contributed by atoms with Gasteiger partial charge in [-0.1, -0.05) is 36.7 Å². The van der Waals surface area contributed by atoms with Crippen molar-refractivity contribution >= 4 is 23.1 Å². The zero-order valence-electron chi connectivity index (χ0n) is 12.4. The molecule has 2 rings (SSSR count). The fourth-order valence-corrected chi connectivity index (χ4v) is 2.42. The Kier molecular flexibility index (Phi) is 4.61. The molecule has 4 heteroatoms. The summed E-state index contributed by atoms with van der Waals surface area (Å²) in [6.07, 6.45) is 0.776. The summed E-state index contributed by atoms with van der Waals surface area (Å²) >= 11 is 6.25. The molecule has 106 valence electrons. The second-order valence-corrected chi connectivity index (χ2v) is 5.12. The SMILES string of the molecule is CCc1nc(Cl)c(C)c(N(CC)c2ccccc2C)n1. The molecule has 1 aromatic heterocycles. The maximum Gasteiger partial charge on any atom is 0.141 e. The Morgan fingerprint density at radius 3 is 2.40 bits per heavy atom. The Bertz CT molecular complexity index is 611. The smallest absolute Gasteiger partial charge is 0.141 e. The van der Waals surface area contributed by atoms with E-state index in [1.54, 1.807) is 0 Å². The average Bonchev–Trinajstić information content (AvgIpc) is 2.45. The van der Waals surface area contributed by atoms with E-state index in [-0.39, 0.29) is 0 Å². The van der Waals surface area contributed by atoms with E-state index in [4.69, 9.17) is 11.6 Å². The topological polar surface area (TPSA) is 29.0 Å². The second-order valence-electron chi connectivity index (χ2n) is 4.76. The van der Waals surface area contributed by atoms with Gasteiger partial charge in [0, 0.05) is 24.2 Å². The summed E-state index contributed by atoms with van der Waals surface area (Å²) in [4.78, 5) is 11.2. The largest absolute Gasteiger partial charge is 0.326 e. The fraction of sp³-hybridized carbons (Fsp3) is 0.375. The molecule has 0 saturated carbocycles. The highest BCUT2D eigenvalue weighted by molar-refractivity contribution is 6.30. The Balaban J connectivity index is 2.58. The molecule has 0 aliphatic heterocycles. The Morgan fingerprint density at radius 2 is 1.80 bits per heavy atom. The molecule has 0 spiro atoms. The van der Waals surface area contributed by atoms with Gasteiger partial charge in [-0.3, -0.25) is 0 Å². The van der Waals surface area contributed by atoms with E-state index < -0.39 is 0 Å². The maximum absolute atomic E-state index is 6.25. The van der Waals surface area contributed by atoms with Crippen molar-refractivity contribution in [2.45, 2.75) is 34.1 Å². The highest BCUT2D eigenvalue weighted by atomic mass is 35.5. The lowest BCUT2D eigenvalue weighted by Crippen LogP contribution is -2.20. The van der Waals surface area contributed by atoms with Crippen LogP contribution in [0.1, 0.15) is 30.8 Å². The number of benzene rings is 1. The van der Waals surface area contributed by atoms with Crippen molar-refractivity contribution in [2.24, 2.45) is 0 Å². The van der Waals surface area contributed by atoms with Gasteiger partial charge in [0.05, 0.1) is 0 Å². The third kappa shape index (κ3) is 2.78. The molecule has 0 N–H and O–H groups in total. The zero-order chi connectivity index (χ0) is 14.7. The summed E-state index contributed by atoms with van der Waals surface area (Å²) in [5.41, 5.74) is 3.31. The minimum Gasteiger partial charge on any atom is -0.326 e. The Morgan fingerprint density at radius 1 is 1.10 bits per heavy atom. The molecule has 0 radical (unpaired) electrons. The molecule has 0 atom stereocenters. The lowest BCUT2D eigenvalue weighted by Gasteiger charge is -2.26. The molecule has 0 unspecified atom stereocenters. The molecular formula is C16H20ClN3. The number of aryl methyl sites for hydroxylation is 2. The first kappa shape index (κ1) is 14.8. The van der Waals surface area contributed by atoms with Crippen LogP contribution in [0.5, 0.6) is 0 Å². The van der Waals surface area contributed by atoms with Gasteiger partial charge in [-0.25, -0.2) is 9.97 Å². The first-order valence-corrected chi connectivity index (χ1v) is 7.32. The maximum atomic E-state index is 6.25. The number of rotatable bonds is 4. The zero-order valence-corrected chi connectivity index (χ0v) is 13.2. The van der Waals surface area contributed by atoms with Crippen LogP contribution in [0.4, 0.5) is 11.5 Å². The lowest BCUT2D eigenvalue weighted by atomic mass is 10.1. The van der Waals surface area contributed by atoms with Gasteiger partial charge in [0.2, 0.25) is 0 Å². The molecule has 0 bridgehead atoms. The predicted octanol–water partition coefficient (Wildman–Crippen LogP) is 4.47. The second kappa shape index (κ2) is 6.23. The highest BCUT2D eigenvalue weighted by Gasteiger charge is 2.17. The predicted molar refractivity (Wildman–Crippen MR) is 85.0 cm³/mol. The third-order valence-electron chi connectivity index (χ3n) is 3.40. The van der Waals surface area contributed by atoms with Crippen LogP contribution in [0.15, 0.2) is 24.3 Å². The molecule has 0 saturated heterocycles. The quantitative estimate of drug-likeness (QED) is 0.778. The average molecular weight is 290 g/mol. The highest BCUT2D eigenvalue weighted by Crippen LogP contribution is 2.31. The molecular weight excluding hydrogens is 270 g/mol. The van der Waals surface area contributed by atoms with Gasteiger partial charge in [-0.05, 0) is 32.4 Å². The summed E-state index contributed by atoms with van der Waals surface area (Å²) in [6.45, 7) is 9.07. The minimum absolute atomic E-state index is 0.541. The number of nitrogens with zero attached hydrogens (tertiary/aromatic N) is 3. The van der Waals surface area contributed by atoms with Crippen LogP contribution in [-0.4, -0.2) is 16.5 Å². The van der Waals surface area contributed by atoms with Crippen molar-refractivity contribution in [3.8, 4) is 0 Å². The van der Waals surface area contributed by atoms with Crippen LogP contribution in [0, 0.1) is 13.8 Å². The van der Waals surface area contributed by atoms with Crippen LogP contribution in [-0.2, 0) is 6.42 Å². The van der Waals surface area contributed by atoms with Gasteiger partial charge in [0.15, 0.2) is 0 Å².